The lowest BCUT2D eigenvalue weighted by Gasteiger charge is -2.12. The number of hydrogen-bond acceptors (Lipinski definition) is 4. The topological polar surface area (TPSA) is 99.2 Å². The van der Waals surface area contributed by atoms with Crippen LogP contribution in [0, 0.1) is 0 Å². The summed E-state index contributed by atoms with van der Waals surface area (Å²) in [5, 5.41) is 6.54. The molecule has 3 rings (SSSR count). The zero-order valence-electron chi connectivity index (χ0n) is 11.1. The van der Waals surface area contributed by atoms with E-state index in [1.54, 1.807) is 18.6 Å². The molecular weight excluding hydrogens is 270 g/mol. The van der Waals surface area contributed by atoms with Crippen molar-refractivity contribution in [2.45, 2.75) is 12.8 Å². The third-order valence-corrected chi connectivity index (χ3v) is 3.10. The van der Waals surface area contributed by atoms with E-state index in [9.17, 15) is 9.59 Å². The lowest BCUT2D eigenvalue weighted by atomic mass is 10.1. The summed E-state index contributed by atoms with van der Waals surface area (Å²) >= 11 is 0. The van der Waals surface area contributed by atoms with Crippen LogP contribution in [0.25, 0.3) is 11.3 Å². The first kappa shape index (κ1) is 13.0. The van der Waals surface area contributed by atoms with Crippen molar-refractivity contribution in [2.75, 3.05) is 5.32 Å². The van der Waals surface area contributed by atoms with E-state index in [0.717, 1.165) is 11.3 Å². The molecule has 0 unspecified atom stereocenters. The maximum absolute atomic E-state index is 12.1. The number of hydrogen-bond donors (Lipinski definition) is 3. The standard InChI is InChI=1S/C14H13N5O2/c20-13-5-4-11(18-19-13)14(21)17-10-3-1-2-9(6-10)12-7-15-8-16-12/h1-3,6-8H,4-5H2,(H,15,16)(H,17,21)(H,19,20). The molecule has 1 aliphatic heterocycles. The number of nitrogens with one attached hydrogen (secondary N) is 3. The zero-order valence-corrected chi connectivity index (χ0v) is 11.1. The quantitative estimate of drug-likeness (QED) is 0.791. The van der Waals surface area contributed by atoms with Gasteiger partial charge in [-0.05, 0) is 12.1 Å². The van der Waals surface area contributed by atoms with E-state index in [-0.39, 0.29) is 18.2 Å². The van der Waals surface area contributed by atoms with E-state index < -0.39 is 0 Å². The number of rotatable bonds is 3. The Hall–Kier alpha value is -2.96. The first-order chi connectivity index (χ1) is 10.2. The first-order valence-electron chi connectivity index (χ1n) is 6.48. The van der Waals surface area contributed by atoms with Gasteiger partial charge in [-0.15, -0.1) is 0 Å². The molecule has 3 N–H and O–H groups in total. The molecule has 0 atom stereocenters. The second-order valence-corrected chi connectivity index (χ2v) is 4.59. The van der Waals surface area contributed by atoms with Gasteiger partial charge in [0.15, 0.2) is 0 Å². The van der Waals surface area contributed by atoms with Gasteiger partial charge in [0.05, 0.1) is 18.2 Å². The molecule has 0 radical (unpaired) electrons. The molecule has 2 amide bonds. The summed E-state index contributed by atoms with van der Waals surface area (Å²) in [6.07, 6.45) is 3.93. The normalized spacial score (nSPS) is 14.3. The molecule has 106 valence electrons. The smallest absolute Gasteiger partial charge is 0.271 e. The van der Waals surface area contributed by atoms with E-state index in [4.69, 9.17) is 0 Å². The summed E-state index contributed by atoms with van der Waals surface area (Å²) in [4.78, 5) is 30.0. The molecule has 0 bridgehead atoms. The van der Waals surface area contributed by atoms with Crippen molar-refractivity contribution < 1.29 is 9.59 Å². The first-order valence-corrected chi connectivity index (χ1v) is 6.48. The Morgan fingerprint density at radius 3 is 2.90 bits per heavy atom. The predicted molar refractivity (Wildman–Crippen MR) is 77.5 cm³/mol. The Morgan fingerprint density at radius 2 is 2.19 bits per heavy atom. The minimum atomic E-state index is -0.309. The van der Waals surface area contributed by atoms with Gasteiger partial charge in [-0.25, -0.2) is 10.4 Å². The molecule has 1 aliphatic rings. The van der Waals surface area contributed by atoms with E-state index in [0.29, 0.717) is 17.8 Å². The molecule has 2 heterocycles. The van der Waals surface area contributed by atoms with Crippen molar-refractivity contribution >= 4 is 23.2 Å². The third-order valence-electron chi connectivity index (χ3n) is 3.10. The van der Waals surface area contributed by atoms with Gasteiger partial charge in [-0.2, -0.15) is 5.10 Å². The number of anilines is 1. The van der Waals surface area contributed by atoms with Gasteiger partial charge >= 0.3 is 0 Å². The predicted octanol–water partition coefficient (Wildman–Crippen LogP) is 1.28. The van der Waals surface area contributed by atoms with Gasteiger partial charge in [0.1, 0.15) is 5.71 Å². The van der Waals surface area contributed by atoms with Crippen LogP contribution in [0.5, 0.6) is 0 Å². The van der Waals surface area contributed by atoms with Crippen LogP contribution in [0.4, 0.5) is 5.69 Å². The molecule has 0 spiro atoms. The molecule has 21 heavy (non-hydrogen) atoms. The van der Waals surface area contributed by atoms with Gasteiger partial charge in [-0.3, -0.25) is 9.59 Å². The number of aromatic nitrogens is 2. The number of benzene rings is 1. The number of nitrogens with zero attached hydrogens (tertiary/aromatic N) is 2. The van der Waals surface area contributed by atoms with Gasteiger partial charge in [0, 0.05) is 24.1 Å². The van der Waals surface area contributed by atoms with Gasteiger partial charge in [0.25, 0.3) is 5.91 Å². The van der Waals surface area contributed by atoms with Crippen LogP contribution in [0.2, 0.25) is 0 Å². The molecule has 0 saturated carbocycles. The lowest BCUT2D eigenvalue weighted by molar-refractivity contribution is -0.121. The summed E-state index contributed by atoms with van der Waals surface area (Å²) in [5.41, 5.74) is 5.08. The van der Waals surface area contributed by atoms with Crippen LogP contribution in [-0.4, -0.2) is 27.5 Å². The fraction of sp³-hybridized carbons (Fsp3) is 0.143. The van der Waals surface area contributed by atoms with E-state index in [1.807, 2.05) is 18.2 Å². The number of carbonyl (C=O) groups excluding carboxylic acids is 2. The van der Waals surface area contributed by atoms with Crippen molar-refractivity contribution in [3.63, 3.8) is 0 Å². The van der Waals surface area contributed by atoms with Crippen LogP contribution in [0.15, 0.2) is 41.9 Å². The highest BCUT2D eigenvalue weighted by atomic mass is 16.2. The van der Waals surface area contributed by atoms with Gasteiger partial charge in [-0.1, -0.05) is 12.1 Å². The average Bonchev–Trinajstić information content (AvgIpc) is 3.02. The molecule has 0 saturated heterocycles. The van der Waals surface area contributed by atoms with Crippen LogP contribution in [0.1, 0.15) is 12.8 Å². The van der Waals surface area contributed by atoms with Crippen molar-refractivity contribution in [2.24, 2.45) is 5.10 Å². The second kappa shape index (κ2) is 5.58. The maximum atomic E-state index is 12.1. The lowest BCUT2D eigenvalue weighted by Crippen LogP contribution is -2.32. The van der Waals surface area contributed by atoms with Crippen LogP contribution >= 0.6 is 0 Å². The number of imidazole rings is 1. The third kappa shape index (κ3) is 2.97. The average molecular weight is 283 g/mol. The van der Waals surface area contributed by atoms with Crippen molar-refractivity contribution in [3.8, 4) is 11.3 Å². The fourth-order valence-corrected chi connectivity index (χ4v) is 2.02. The minimum absolute atomic E-state index is 0.173. The number of H-pyrrole nitrogens is 1. The van der Waals surface area contributed by atoms with E-state index >= 15 is 0 Å². The van der Waals surface area contributed by atoms with Crippen molar-refractivity contribution in [1.82, 2.24) is 15.4 Å². The molecule has 7 nitrogen and oxygen atoms in total. The molecule has 0 fully saturated rings. The van der Waals surface area contributed by atoms with E-state index in [2.05, 4.69) is 25.8 Å². The zero-order chi connectivity index (χ0) is 14.7. The minimum Gasteiger partial charge on any atom is -0.345 e. The summed E-state index contributed by atoms with van der Waals surface area (Å²) in [6.45, 7) is 0. The maximum Gasteiger partial charge on any atom is 0.271 e. The Labute approximate surface area is 120 Å². The summed E-state index contributed by atoms with van der Waals surface area (Å²) in [6, 6.07) is 7.39. The van der Waals surface area contributed by atoms with Crippen LogP contribution in [-0.2, 0) is 9.59 Å². The highest BCUT2D eigenvalue weighted by Gasteiger charge is 2.18. The number of amides is 2. The summed E-state index contributed by atoms with van der Waals surface area (Å²) in [5.74, 6) is -0.482. The summed E-state index contributed by atoms with van der Waals surface area (Å²) < 4.78 is 0. The fourth-order valence-electron chi connectivity index (χ4n) is 2.02. The van der Waals surface area contributed by atoms with E-state index in [1.165, 1.54) is 0 Å². The SMILES string of the molecule is O=C1CCC(C(=O)Nc2cccc(-c3cnc[nH]3)c2)=NN1. The highest BCUT2D eigenvalue weighted by molar-refractivity contribution is 6.43. The molecule has 0 aliphatic carbocycles. The Bertz CT molecular complexity index is 706. The molecule has 2 aromatic rings. The monoisotopic (exact) mass is 283 g/mol. The number of aromatic amines is 1. The largest absolute Gasteiger partial charge is 0.345 e. The molecule has 7 heteroatoms. The van der Waals surface area contributed by atoms with Crippen molar-refractivity contribution in [1.29, 1.82) is 0 Å². The molecule has 1 aromatic heterocycles. The molecular formula is C14H13N5O2. The summed E-state index contributed by atoms with van der Waals surface area (Å²) in [7, 11) is 0. The van der Waals surface area contributed by atoms with Crippen LogP contribution < -0.4 is 10.7 Å². The Morgan fingerprint density at radius 1 is 1.29 bits per heavy atom. The Balaban J connectivity index is 1.75. The molecule has 1 aromatic carbocycles. The van der Waals surface area contributed by atoms with Gasteiger partial charge < -0.3 is 10.3 Å². The van der Waals surface area contributed by atoms with Gasteiger partial charge in [0.2, 0.25) is 5.91 Å². The second-order valence-electron chi connectivity index (χ2n) is 4.59. The number of hydrazone groups is 1. The Kier molecular flexibility index (Phi) is 3.46. The van der Waals surface area contributed by atoms with Crippen LogP contribution in [0.3, 0.4) is 0 Å². The number of carbonyl (C=O) groups is 2. The highest BCUT2D eigenvalue weighted by Crippen LogP contribution is 2.20. The van der Waals surface area contributed by atoms with Crippen molar-refractivity contribution in [3.05, 3.63) is 36.8 Å².